The van der Waals surface area contributed by atoms with Gasteiger partial charge in [-0.25, -0.2) is 0 Å². The van der Waals surface area contributed by atoms with Crippen molar-refractivity contribution in [2.45, 2.75) is 76.9 Å². The fourth-order valence-electron chi connectivity index (χ4n) is 5.54. The number of aromatic nitrogens is 2. The van der Waals surface area contributed by atoms with E-state index in [1.807, 2.05) is 19.1 Å². The number of amides is 3. The molecule has 1 aliphatic heterocycles. The first-order valence-corrected chi connectivity index (χ1v) is 12.7. The monoisotopic (exact) mass is 529 g/mol. The number of nitrogens with one attached hydrogen (secondary N) is 2. The topological polar surface area (TPSA) is 117 Å². The average molecular weight is 530 g/mol. The van der Waals surface area contributed by atoms with E-state index in [0.717, 1.165) is 28.4 Å². The second kappa shape index (κ2) is 9.13. The molecule has 10 heteroatoms. The second-order valence-corrected chi connectivity index (χ2v) is 10.6. The standard InChI is InChI=1S/C24H28BrN5O4/c1-2-4-19(20(32)27-13-31)30-12-17-16(22(30)33)7-14(8-18(17)25)11-26-23-29-28-21(34-23)15-9-24(10-15)5-3-6-24/h7-8,13,15,19H,2-6,9-12H2,1H3,(H,26,29)(H,27,31,32). The first kappa shape index (κ1) is 23.0. The van der Waals surface area contributed by atoms with Gasteiger partial charge in [0.2, 0.25) is 18.2 Å². The predicted molar refractivity (Wildman–Crippen MR) is 127 cm³/mol. The van der Waals surface area contributed by atoms with Gasteiger partial charge in [-0.2, -0.15) is 0 Å². The molecule has 2 saturated carbocycles. The number of halogens is 1. The van der Waals surface area contributed by atoms with Crippen LogP contribution >= 0.6 is 15.9 Å². The van der Waals surface area contributed by atoms with E-state index in [2.05, 4.69) is 36.8 Å². The zero-order chi connectivity index (χ0) is 23.9. The molecule has 1 aromatic carbocycles. The number of anilines is 1. The van der Waals surface area contributed by atoms with Crippen LogP contribution in [0.15, 0.2) is 21.0 Å². The summed E-state index contributed by atoms with van der Waals surface area (Å²) in [7, 11) is 0. The lowest BCUT2D eigenvalue weighted by atomic mass is 9.52. The summed E-state index contributed by atoms with van der Waals surface area (Å²) in [6.07, 6.45) is 7.83. The summed E-state index contributed by atoms with van der Waals surface area (Å²) in [5.41, 5.74) is 2.82. The summed E-state index contributed by atoms with van der Waals surface area (Å²) >= 11 is 3.58. The quantitative estimate of drug-likeness (QED) is 0.473. The number of carbonyl (C=O) groups is 3. The van der Waals surface area contributed by atoms with Crippen LogP contribution in [0.4, 0.5) is 6.01 Å². The lowest BCUT2D eigenvalue weighted by Crippen LogP contribution is -2.46. The minimum atomic E-state index is -0.689. The highest BCUT2D eigenvalue weighted by molar-refractivity contribution is 9.10. The van der Waals surface area contributed by atoms with Crippen molar-refractivity contribution in [3.8, 4) is 0 Å². The molecule has 2 aromatic rings. The Morgan fingerprint density at radius 3 is 2.82 bits per heavy atom. The normalized spacial score (nSPS) is 19.4. The molecule has 1 aromatic heterocycles. The van der Waals surface area contributed by atoms with Crippen molar-refractivity contribution in [1.29, 1.82) is 0 Å². The van der Waals surface area contributed by atoms with Crippen LogP contribution in [0, 0.1) is 5.41 Å². The van der Waals surface area contributed by atoms with Crippen molar-refractivity contribution in [2.24, 2.45) is 5.41 Å². The number of imide groups is 1. The molecule has 2 heterocycles. The molecule has 180 valence electrons. The Labute approximate surface area is 206 Å². The molecule has 34 heavy (non-hydrogen) atoms. The molecule has 5 rings (SSSR count). The van der Waals surface area contributed by atoms with Gasteiger partial charge < -0.3 is 14.6 Å². The Bertz CT molecular complexity index is 1120. The molecule has 1 atom stereocenters. The number of carbonyl (C=O) groups excluding carboxylic acids is 3. The molecule has 2 aliphatic carbocycles. The van der Waals surface area contributed by atoms with E-state index in [-0.39, 0.29) is 5.91 Å². The summed E-state index contributed by atoms with van der Waals surface area (Å²) in [4.78, 5) is 37.9. The lowest BCUT2D eigenvalue weighted by Gasteiger charge is -2.53. The van der Waals surface area contributed by atoms with Gasteiger partial charge in [0, 0.05) is 29.0 Å². The van der Waals surface area contributed by atoms with Gasteiger partial charge in [0.15, 0.2) is 0 Å². The molecule has 1 unspecified atom stereocenters. The Balaban J connectivity index is 1.25. The second-order valence-electron chi connectivity index (χ2n) is 9.73. The van der Waals surface area contributed by atoms with Crippen molar-refractivity contribution in [3.63, 3.8) is 0 Å². The van der Waals surface area contributed by atoms with E-state index in [0.29, 0.717) is 61.1 Å². The van der Waals surface area contributed by atoms with Gasteiger partial charge in [0.1, 0.15) is 6.04 Å². The maximum absolute atomic E-state index is 13.2. The van der Waals surface area contributed by atoms with E-state index >= 15 is 0 Å². The minimum Gasteiger partial charge on any atom is -0.408 e. The van der Waals surface area contributed by atoms with Crippen molar-refractivity contribution in [2.75, 3.05) is 5.32 Å². The SMILES string of the molecule is CCCC(C(=O)NC=O)N1Cc2c(Br)cc(CNc3nnc(C4CC5(CCC5)C4)o3)cc2C1=O. The van der Waals surface area contributed by atoms with E-state index in [9.17, 15) is 14.4 Å². The molecule has 3 amide bonds. The summed E-state index contributed by atoms with van der Waals surface area (Å²) < 4.78 is 6.65. The van der Waals surface area contributed by atoms with Crippen LogP contribution in [0.3, 0.4) is 0 Å². The summed E-state index contributed by atoms with van der Waals surface area (Å²) in [5.74, 6) is 0.398. The van der Waals surface area contributed by atoms with Crippen LogP contribution in [0.5, 0.6) is 0 Å². The van der Waals surface area contributed by atoms with Crippen LogP contribution in [0.2, 0.25) is 0 Å². The van der Waals surface area contributed by atoms with Gasteiger partial charge in [-0.15, -0.1) is 5.10 Å². The van der Waals surface area contributed by atoms with Gasteiger partial charge >= 0.3 is 6.01 Å². The van der Waals surface area contributed by atoms with Crippen molar-refractivity contribution in [1.82, 2.24) is 20.4 Å². The molecule has 0 radical (unpaired) electrons. The number of nitrogens with zero attached hydrogens (tertiary/aromatic N) is 3. The molecule has 0 bridgehead atoms. The maximum Gasteiger partial charge on any atom is 0.315 e. The fourth-order valence-corrected chi connectivity index (χ4v) is 6.18. The van der Waals surface area contributed by atoms with Crippen molar-refractivity contribution >= 4 is 40.2 Å². The molecule has 2 fully saturated rings. The molecular formula is C24H28BrN5O4. The van der Waals surface area contributed by atoms with E-state index in [4.69, 9.17) is 4.42 Å². The van der Waals surface area contributed by atoms with Crippen LogP contribution in [0.1, 0.15) is 85.2 Å². The Hall–Kier alpha value is -2.75. The third-order valence-corrected chi connectivity index (χ3v) is 8.23. The van der Waals surface area contributed by atoms with Crippen molar-refractivity contribution in [3.05, 3.63) is 39.2 Å². The molecule has 3 aliphatic rings. The van der Waals surface area contributed by atoms with Gasteiger partial charge in [-0.1, -0.05) is 40.8 Å². The molecule has 0 saturated heterocycles. The van der Waals surface area contributed by atoms with E-state index in [1.54, 1.807) is 0 Å². The zero-order valence-electron chi connectivity index (χ0n) is 19.1. The first-order chi connectivity index (χ1) is 16.4. The van der Waals surface area contributed by atoms with Gasteiger partial charge in [-0.3, -0.25) is 19.7 Å². The highest BCUT2D eigenvalue weighted by Crippen LogP contribution is 2.61. The summed E-state index contributed by atoms with van der Waals surface area (Å²) in [6.45, 7) is 2.67. The van der Waals surface area contributed by atoms with Crippen LogP contribution in [-0.4, -0.2) is 39.4 Å². The Morgan fingerprint density at radius 1 is 1.35 bits per heavy atom. The van der Waals surface area contributed by atoms with Crippen LogP contribution in [0.25, 0.3) is 0 Å². The maximum atomic E-state index is 13.2. The smallest absolute Gasteiger partial charge is 0.315 e. The number of fused-ring (bicyclic) bond motifs is 1. The van der Waals surface area contributed by atoms with Crippen LogP contribution < -0.4 is 10.6 Å². The third-order valence-electron chi connectivity index (χ3n) is 7.52. The molecule has 1 spiro atoms. The number of hydrogen-bond donors (Lipinski definition) is 2. The molecule has 9 nitrogen and oxygen atoms in total. The highest BCUT2D eigenvalue weighted by atomic mass is 79.9. The highest BCUT2D eigenvalue weighted by Gasteiger charge is 2.50. The lowest BCUT2D eigenvalue weighted by molar-refractivity contribution is -0.129. The first-order valence-electron chi connectivity index (χ1n) is 11.9. The third kappa shape index (κ3) is 4.12. The number of benzene rings is 1. The minimum absolute atomic E-state index is 0.216. The zero-order valence-corrected chi connectivity index (χ0v) is 20.7. The van der Waals surface area contributed by atoms with E-state index < -0.39 is 11.9 Å². The van der Waals surface area contributed by atoms with Crippen LogP contribution in [-0.2, 0) is 22.7 Å². The Kier molecular flexibility index (Phi) is 6.18. The summed E-state index contributed by atoms with van der Waals surface area (Å²) in [5, 5.41) is 13.7. The average Bonchev–Trinajstić information content (AvgIpc) is 3.34. The summed E-state index contributed by atoms with van der Waals surface area (Å²) in [6, 6.07) is 3.47. The predicted octanol–water partition coefficient (Wildman–Crippen LogP) is 3.89. The van der Waals surface area contributed by atoms with E-state index in [1.165, 1.54) is 24.2 Å². The van der Waals surface area contributed by atoms with Gasteiger partial charge in [-0.05, 0) is 60.8 Å². The number of rotatable bonds is 9. The number of hydrogen-bond acceptors (Lipinski definition) is 7. The largest absolute Gasteiger partial charge is 0.408 e. The van der Waals surface area contributed by atoms with Crippen molar-refractivity contribution < 1.29 is 18.8 Å². The molecule has 2 N–H and O–H groups in total. The van der Waals surface area contributed by atoms with Gasteiger partial charge in [0.05, 0.1) is 0 Å². The Morgan fingerprint density at radius 2 is 2.15 bits per heavy atom. The molecular weight excluding hydrogens is 502 g/mol. The fraction of sp³-hybridized carbons (Fsp3) is 0.542. The van der Waals surface area contributed by atoms with Gasteiger partial charge in [0.25, 0.3) is 5.91 Å².